The number of aromatic nitrogens is 3. The zero-order valence-electron chi connectivity index (χ0n) is 19.2. The van der Waals surface area contributed by atoms with Gasteiger partial charge in [-0.1, -0.05) is 6.07 Å². The Morgan fingerprint density at radius 1 is 1.09 bits per heavy atom. The standard InChI is InChI=1S/C27H26FN5O2/c28-17-8-10-18(11-9-17)35-25-16-23-22(31-26(32-23)20-5-1-2-12-29-20)15-19(25)24-7-4-14-33(24)27(34)21-6-3-13-30-21/h1-2,5,8-12,15-16,21,24,30H,3-4,6-7,13-14H2,(H,31,32). The van der Waals surface area contributed by atoms with E-state index in [1.54, 1.807) is 18.3 Å². The molecule has 1 amide bonds. The molecule has 0 bridgehead atoms. The molecule has 2 N–H and O–H groups in total. The third-order valence-electron chi connectivity index (χ3n) is 6.82. The van der Waals surface area contributed by atoms with E-state index in [1.165, 1.54) is 12.1 Å². The van der Waals surface area contributed by atoms with Crippen LogP contribution in [0.15, 0.2) is 60.8 Å². The summed E-state index contributed by atoms with van der Waals surface area (Å²) < 4.78 is 19.7. The predicted octanol–water partition coefficient (Wildman–Crippen LogP) is 4.97. The van der Waals surface area contributed by atoms with Crippen LogP contribution in [0.4, 0.5) is 4.39 Å². The first kappa shape index (κ1) is 21.7. The molecule has 178 valence electrons. The Kier molecular flexibility index (Phi) is 5.66. The van der Waals surface area contributed by atoms with Gasteiger partial charge in [-0.3, -0.25) is 9.78 Å². The number of ether oxygens (including phenoxy) is 1. The highest BCUT2D eigenvalue weighted by Gasteiger charge is 2.36. The molecule has 0 spiro atoms. The van der Waals surface area contributed by atoms with Crippen LogP contribution in [0.1, 0.15) is 37.3 Å². The summed E-state index contributed by atoms with van der Waals surface area (Å²) in [6.45, 7) is 1.60. The van der Waals surface area contributed by atoms with Crippen molar-refractivity contribution in [1.82, 2.24) is 25.2 Å². The summed E-state index contributed by atoms with van der Waals surface area (Å²) in [5, 5.41) is 3.34. The van der Waals surface area contributed by atoms with Crippen LogP contribution in [-0.2, 0) is 4.79 Å². The summed E-state index contributed by atoms with van der Waals surface area (Å²) in [5.41, 5.74) is 3.25. The highest BCUT2D eigenvalue weighted by Crippen LogP contribution is 2.41. The molecular formula is C27H26FN5O2. The number of fused-ring (bicyclic) bond motifs is 1. The van der Waals surface area contributed by atoms with Gasteiger partial charge in [0.05, 0.1) is 23.1 Å². The second-order valence-electron chi connectivity index (χ2n) is 9.10. The smallest absolute Gasteiger partial charge is 0.240 e. The van der Waals surface area contributed by atoms with Crippen LogP contribution < -0.4 is 10.1 Å². The lowest BCUT2D eigenvalue weighted by molar-refractivity contribution is -0.134. The Bertz CT molecular complexity index is 1350. The predicted molar refractivity (Wildman–Crippen MR) is 131 cm³/mol. The first-order valence-electron chi connectivity index (χ1n) is 12.1. The van der Waals surface area contributed by atoms with Crippen molar-refractivity contribution in [2.45, 2.75) is 37.8 Å². The molecule has 2 fully saturated rings. The van der Waals surface area contributed by atoms with Crippen LogP contribution in [0, 0.1) is 5.82 Å². The van der Waals surface area contributed by atoms with Gasteiger partial charge in [0, 0.05) is 24.4 Å². The minimum atomic E-state index is -0.322. The average molecular weight is 472 g/mol. The van der Waals surface area contributed by atoms with Gasteiger partial charge in [-0.25, -0.2) is 9.37 Å². The molecule has 2 aliphatic heterocycles. The van der Waals surface area contributed by atoms with Crippen molar-refractivity contribution in [3.05, 3.63) is 72.2 Å². The van der Waals surface area contributed by atoms with Crippen molar-refractivity contribution in [2.75, 3.05) is 13.1 Å². The van der Waals surface area contributed by atoms with Crippen LogP contribution in [0.2, 0.25) is 0 Å². The molecule has 4 aromatic rings. The van der Waals surface area contributed by atoms with Gasteiger partial charge in [0.2, 0.25) is 5.91 Å². The van der Waals surface area contributed by atoms with E-state index in [1.807, 2.05) is 35.2 Å². The summed E-state index contributed by atoms with van der Waals surface area (Å²) in [7, 11) is 0. The molecule has 7 nitrogen and oxygen atoms in total. The van der Waals surface area contributed by atoms with E-state index in [0.29, 0.717) is 17.3 Å². The maximum atomic E-state index is 13.5. The van der Waals surface area contributed by atoms with Gasteiger partial charge >= 0.3 is 0 Å². The second kappa shape index (κ2) is 9.11. The number of benzene rings is 2. The summed E-state index contributed by atoms with van der Waals surface area (Å²) in [6, 6.07) is 15.3. The molecule has 0 aliphatic carbocycles. The first-order valence-corrected chi connectivity index (χ1v) is 12.1. The van der Waals surface area contributed by atoms with Gasteiger partial charge in [0.15, 0.2) is 5.82 Å². The molecule has 2 atom stereocenters. The highest BCUT2D eigenvalue weighted by molar-refractivity contribution is 5.85. The number of nitrogens with zero attached hydrogens (tertiary/aromatic N) is 3. The average Bonchev–Trinajstić information content (AvgIpc) is 3.65. The number of carbonyl (C=O) groups is 1. The number of hydrogen-bond donors (Lipinski definition) is 2. The third kappa shape index (κ3) is 4.25. The Balaban J connectivity index is 1.42. The fourth-order valence-corrected chi connectivity index (χ4v) is 5.11. The number of carbonyl (C=O) groups excluding carboxylic acids is 1. The lowest BCUT2D eigenvalue weighted by atomic mass is 10.0. The summed E-state index contributed by atoms with van der Waals surface area (Å²) in [4.78, 5) is 27.8. The van der Waals surface area contributed by atoms with E-state index in [4.69, 9.17) is 9.72 Å². The van der Waals surface area contributed by atoms with Crippen molar-refractivity contribution in [3.63, 3.8) is 0 Å². The van der Waals surface area contributed by atoms with Crippen LogP contribution >= 0.6 is 0 Å². The lowest BCUT2D eigenvalue weighted by Crippen LogP contribution is -2.43. The Labute approximate surface area is 202 Å². The van der Waals surface area contributed by atoms with Crippen molar-refractivity contribution < 1.29 is 13.9 Å². The van der Waals surface area contributed by atoms with Gasteiger partial charge in [-0.15, -0.1) is 0 Å². The third-order valence-corrected chi connectivity index (χ3v) is 6.82. The topological polar surface area (TPSA) is 83.1 Å². The van der Waals surface area contributed by atoms with E-state index in [2.05, 4.69) is 15.3 Å². The Hall–Kier alpha value is -3.78. The number of aromatic amines is 1. The monoisotopic (exact) mass is 471 g/mol. The maximum Gasteiger partial charge on any atom is 0.240 e. The van der Waals surface area contributed by atoms with Gasteiger partial charge in [0.25, 0.3) is 0 Å². The van der Waals surface area contributed by atoms with Crippen LogP contribution in [0.25, 0.3) is 22.6 Å². The highest BCUT2D eigenvalue weighted by atomic mass is 19.1. The fraction of sp³-hybridized carbons (Fsp3) is 0.296. The van der Waals surface area contributed by atoms with Crippen molar-refractivity contribution in [2.24, 2.45) is 0 Å². The Morgan fingerprint density at radius 3 is 2.74 bits per heavy atom. The summed E-state index contributed by atoms with van der Waals surface area (Å²) in [5.74, 6) is 1.64. The normalized spacial score (nSPS) is 20.0. The molecule has 2 aromatic heterocycles. The molecule has 0 radical (unpaired) electrons. The van der Waals surface area contributed by atoms with E-state index in [9.17, 15) is 9.18 Å². The molecule has 2 saturated heterocycles. The molecule has 8 heteroatoms. The maximum absolute atomic E-state index is 13.5. The zero-order chi connectivity index (χ0) is 23.8. The number of pyridine rings is 1. The summed E-state index contributed by atoms with van der Waals surface area (Å²) >= 11 is 0. The molecule has 4 heterocycles. The van der Waals surface area contributed by atoms with Gasteiger partial charge in [-0.2, -0.15) is 0 Å². The van der Waals surface area contributed by atoms with Crippen LogP contribution in [0.5, 0.6) is 11.5 Å². The number of imidazole rings is 1. The molecule has 2 aromatic carbocycles. The van der Waals surface area contributed by atoms with Gasteiger partial charge in [-0.05, 0) is 74.7 Å². The van der Waals surface area contributed by atoms with Gasteiger partial charge in [0.1, 0.15) is 23.0 Å². The quantitative estimate of drug-likeness (QED) is 0.429. The molecule has 2 aliphatic rings. The number of likely N-dealkylation sites (tertiary alicyclic amines) is 1. The number of nitrogens with one attached hydrogen (secondary N) is 2. The molecule has 6 rings (SSSR count). The van der Waals surface area contributed by atoms with E-state index < -0.39 is 0 Å². The largest absolute Gasteiger partial charge is 0.457 e. The van der Waals surface area contributed by atoms with Crippen molar-refractivity contribution in [3.8, 4) is 23.0 Å². The number of halogens is 1. The zero-order valence-corrected chi connectivity index (χ0v) is 19.2. The molecular weight excluding hydrogens is 445 g/mol. The molecule has 35 heavy (non-hydrogen) atoms. The first-order chi connectivity index (χ1) is 17.2. The minimum absolute atomic E-state index is 0.105. The van der Waals surface area contributed by atoms with Gasteiger partial charge < -0.3 is 19.9 Å². The van der Waals surface area contributed by atoms with Crippen molar-refractivity contribution in [1.29, 1.82) is 0 Å². The Morgan fingerprint density at radius 2 is 1.97 bits per heavy atom. The lowest BCUT2D eigenvalue weighted by Gasteiger charge is -2.29. The number of hydrogen-bond acceptors (Lipinski definition) is 5. The second-order valence-corrected chi connectivity index (χ2v) is 9.10. The molecule has 0 saturated carbocycles. The number of H-pyrrole nitrogens is 1. The summed E-state index contributed by atoms with van der Waals surface area (Å²) in [6.07, 6.45) is 5.40. The van der Waals surface area contributed by atoms with Crippen molar-refractivity contribution >= 4 is 16.9 Å². The van der Waals surface area contributed by atoms with E-state index >= 15 is 0 Å². The van der Waals surface area contributed by atoms with Crippen LogP contribution in [-0.4, -0.2) is 44.9 Å². The number of rotatable bonds is 5. The van der Waals surface area contributed by atoms with E-state index in [0.717, 1.165) is 61.1 Å². The fourth-order valence-electron chi connectivity index (χ4n) is 5.11. The molecule has 2 unspecified atom stereocenters. The van der Waals surface area contributed by atoms with Crippen LogP contribution in [0.3, 0.4) is 0 Å². The SMILES string of the molecule is O=C(C1CCCN1)N1CCCC1c1cc2[nH]c(-c3ccccn3)nc2cc1Oc1ccc(F)cc1. The minimum Gasteiger partial charge on any atom is -0.457 e. The van der Waals surface area contributed by atoms with E-state index in [-0.39, 0.29) is 23.8 Å². The number of amides is 1.